The van der Waals surface area contributed by atoms with Crippen LogP contribution in [0.4, 0.5) is 10.5 Å². The van der Waals surface area contributed by atoms with Crippen LogP contribution in [0.1, 0.15) is 82.7 Å². The van der Waals surface area contributed by atoms with Crippen LogP contribution in [0.25, 0.3) is 0 Å². The second-order valence-corrected chi connectivity index (χ2v) is 12.7. The van der Waals surface area contributed by atoms with E-state index in [9.17, 15) is 14.4 Å². The maximum absolute atomic E-state index is 14.6. The molecule has 0 saturated carbocycles. The van der Waals surface area contributed by atoms with Crippen LogP contribution in [0, 0.1) is 26.2 Å². The van der Waals surface area contributed by atoms with Gasteiger partial charge in [0.2, 0.25) is 5.91 Å². The fourth-order valence-electron chi connectivity index (χ4n) is 4.52. The normalized spacial score (nSPS) is 13.0. The number of rotatable bonds is 11. The minimum absolute atomic E-state index is 0.359. The Labute approximate surface area is 250 Å². The molecule has 0 heterocycles. The zero-order chi connectivity index (χ0) is 31.0. The lowest BCUT2D eigenvalue weighted by Crippen LogP contribution is -2.59. The minimum atomic E-state index is -1.07. The number of alkyl carbamates (subject to hydrolysis) is 1. The molecule has 0 spiro atoms. The Hall–Kier alpha value is -3.44. The fraction of sp³-hybridized carbons (Fsp3) is 0.485. The van der Waals surface area contributed by atoms with E-state index in [-0.39, 0.29) is 11.8 Å². The standard InChI is InChI=1S/C33H45N3O4S/c1-11-24-18-13-14-19-25(24)28(29(37)35-27-22(3)16-15-17-23(27)4)36(33(8,9)12-2)30(38)26(20-21-41-10)34-31(39)40-32(5,6)7/h1,13-19,26,28H,12,20-21H2,2-10H3,(H,34,39)(H,35,37). The third kappa shape index (κ3) is 9.02. The number of hydrogen-bond acceptors (Lipinski definition) is 5. The second-order valence-electron chi connectivity index (χ2n) is 11.7. The Morgan fingerprint density at radius 2 is 1.63 bits per heavy atom. The number of terminal acetylenes is 1. The topological polar surface area (TPSA) is 87.7 Å². The van der Waals surface area contributed by atoms with Gasteiger partial charge < -0.3 is 20.3 Å². The van der Waals surface area contributed by atoms with Gasteiger partial charge in [-0.05, 0) is 96.1 Å². The molecule has 0 saturated heterocycles. The quantitative estimate of drug-likeness (QED) is 0.292. The highest BCUT2D eigenvalue weighted by molar-refractivity contribution is 7.98. The molecule has 2 aromatic carbocycles. The highest BCUT2D eigenvalue weighted by atomic mass is 32.2. The molecule has 0 radical (unpaired) electrons. The van der Waals surface area contributed by atoms with E-state index in [4.69, 9.17) is 11.2 Å². The van der Waals surface area contributed by atoms with E-state index in [1.165, 1.54) is 0 Å². The molecule has 8 heteroatoms. The Bertz CT molecular complexity index is 1260. The fourth-order valence-corrected chi connectivity index (χ4v) is 5.00. The molecule has 7 nitrogen and oxygen atoms in total. The number of aryl methyl sites for hydroxylation is 2. The summed E-state index contributed by atoms with van der Waals surface area (Å²) >= 11 is 1.57. The molecule has 2 unspecified atom stereocenters. The first-order chi connectivity index (χ1) is 19.2. The Morgan fingerprint density at radius 3 is 2.17 bits per heavy atom. The van der Waals surface area contributed by atoms with Gasteiger partial charge in [-0.3, -0.25) is 9.59 Å². The summed E-state index contributed by atoms with van der Waals surface area (Å²) in [7, 11) is 0. The van der Waals surface area contributed by atoms with Crippen LogP contribution in [-0.2, 0) is 14.3 Å². The molecule has 2 aromatic rings. The van der Waals surface area contributed by atoms with Crippen LogP contribution in [0.3, 0.4) is 0 Å². The summed E-state index contributed by atoms with van der Waals surface area (Å²) in [5, 5.41) is 5.89. The van der Waals surface area contributed by atoms with Crippen molar-refractivity contribution in [1.82, 2.24) is 10.2 Å². The average molecular weight is 580 g/mol. The van der Waals surface area contributed by atoms with Gasteiger partial charge in [0.15, 0.2) is 0 Å². The number of amides is 3. The van der Waals surface area contributed by atoms with Crippen LogP contribution < -0.4 is 10.6 Å². The van der Waals surface area contributed by atoms with Gasteiger partial charge in [0.1, 0.15) is 17.7 Å². The van der Waals surface area contributed by atoms with E-state index in [1.54, 1.807) is 55.6 Å². The van der Waals surface area contributed by atoms with Crippen molar-refractivity contribution in [2.75, 3.05) is 17.3 Å². The van der Waals surface area contributed by atoms with Crippen molar-refractivity contribution in [2.24, 2.45) is 0 Å². The predicted molar refractivity (Wildman–Crippen MR) is 169 cm³/mol. The van der Waals surface area contributed by atoms with Crippen molar-refractivity contribution in [2.45, 2.75) is 91.5 Å². The molecule has 41 heavy (non-hydrogen) atoms. The van der Waals surface area contributed by atoms with Gasteiger partial charge in [-0.15, -0.1) is 6.42 Å². The van der Waals surface area contributed by atoms with Gasteiger partial charge in [-0.1, -0.05) is 49.2 Å². The molecule has 3 amide bonds. The lowest BCUT2D eigenvalue weighted by atomic mass is 9.90. The van der Waals surface area contributed by atoms with E-state index in [2.05, 4.69) is 16.6 Å². The molecule has 222 valence electrons. The number of benzene rings is 2. The number of nitrogens with one attached hydrogen (secondary N) is 2. The summed E-state index contributed by atoms with van der Waals surface area (Å²) in [5.74, 6) is 2.54. The van der Waals surface area contributed by atoms with Gasteiger partial charge in [0.05, 0.1) is 0 Å². The smallest absolute Gasteiger partial charge is 0.408 e. The molecular weight excluding hydrogens is 534 g/mol. The summed E-state index contributed by atoms with van der Waals surface area (Å²) in [6.07, 6.45) is 8.05. The molecule has 0 fully saturated rings. The third-order valence-corrected chi connectivity index (χ3v) is 7.65. The molecule has 0 bridgehead atoms. The van der Waals surface area contributed by atoms with E-state index in [0.29, 0.717) is 35.4 Å². The Kier molecular flexibility index (Phi) is 11.9. The van der Waals surface area contributed by atoms with Crippen LogP contribution >= 0.6 is 11.8 Å². The lowest BCUT2D eigenvalue weighted by molar-refractivity contribution is -0.147. The second kappa shape index (κ2) is 14.5. The van der Waals surface area contributed by atoms with E-state index < -0.39 is 29.3 Å². The SMILES string of the molecule is C#Cc1ccccc1C(C(=O)Nc1c(C)cccc1C)N(C(=O)C(CCSC)NC(=O)OC(C)(C)C)C(C)(C)CC. The summed E-state index contributed by atoms with van der Waals surface area (Å²) in [5.41, 5.74) is 2.02. The van der Waals surface area contributed by atoms with Gasteiger partial charge in [-0.2, -0.15) is 11.8 Å². The first-order valence-electron chi connectivity index (χ1n) is 13.9. The molecule has 0 aliphatic carbocycles. The maximum atomic E-state index is 14.6. The van der Waals surface area contributed by atoms with Crippen molar-refractivity contribution >= 4 is 35.4 Å². The number of anilines is 1. The number of ether oxygens (including phenoxy) is 1. The van der Waals surface area contributed by atoms with Crippen molar-refractivity contribution < 1.29 is 19.1 Å². The Morgan fingerprint density at radius 1 is 1.02 bits per heavy atom. The molecule has 2 N–H and O–H groups in total. The predicted octanol–water partition coefficient (Wildman–Crippen LogP) is 6.63. The van der Waals surface area contributed by atoms with Crippen molar-refractivity contribution in [1.29, 1.82) is 0 Å². The van der Waals surface area contributed by atoms with E-state index in [1.807, 2.05) is 65.1 Å². The lowest BCUT2D eigenvalue weighted by Gasteiger charge is -2.45. The van der Waals surface area contributed by atoms with Gasteiger partial charge in [-0.25, -0.2) is 4.79 Å². The summed E-state index contributed by atoms with van der Waals surface area (Å²) < 4.78 is 5.49. The zero-order valence-electron chi connectivity index (χ0n) is 25.9. The number of carbonyl (C=O) groups excluding carboxylic acids is 3. The molecule has 0 aliphatic heterocycles. The highest BCUT2D eigenvalue weighted by Gasteiger charge is 2.43. The number of hydrogen-bond donors (Lipinski definition) is 2. The first-order valence-corrected chi connectivity index (χ1v) is 15.3. The third-order valence-electron chi connectivity index (χ3n) is 7.00. The first kappa shape index (κ1) is 33.8. The van der Waals surface area contributed by atoms with Crippen LogP contribution in [-0.4, -0.2) is 52.0 Å². The molecule has 2 atom stereocenters. The summed E-state index contributed by atoms with van der Waals surface area (Å²) in [6.45, 7) is 15.0. The average Bonchev–Trinajstić information content (AvgIpc) is 2.90. The monoisotopic (exact) mass is 579 g/mol. The number of nitrogens with zero attached hydrogens (tertiary/aromatic N) is 1. The van der Waals surface area contributed by atoms with Gasteiger partial charge >= 0.3 is 6.09 Å². The van der Waals surface area contributed by atoms with Crippen LogP contribution in [0.15, 0.2) is 42.5 Å². The minimum Gasteiger partial charge on any atom is -0.444 e. The number of thioether (sulfide) groups is 1. The van der Waals surface area contributed by atoms with Crippen molar-refractivity contribution in [3.63, 3.8) is 0 Å². The van der Waals surface area contributed by atoms with Crippen LogP contribution in [0.2, 0.25) is 0 Å². The maximum Gasteiger partial charge on any atom is 0.408 e. The zero-order valence-corrected chi connectivity index (χ0v) is 26.7. The van der Waals surface area contributed by atoms with Crippen LogP contribution in [0.5, 0.6) is 0 Å². The summed E-state index contributed by atoms with van der Waals surface area (Å²) in [4.78, 5) is 43.4. The summed E-state index contributed by atoms with van der Waals surface area (Å²) in [6, 6.07) is 11.0. The highest BCUT2D eigenvalue weighted by Crippen LogP contribution is 2.35. The number of para-hydroxylation sites is 1. The van der Waals surface area contributed by atoms with E-state index >= 15 is 0 Å². The molecular formula is C33H45N3O4S. The molecule has 0 aromatic heterocycles. The number of carbonyl (C=O) groups is 3. The van der Waals surface area contributed by atoms with Gasteiger partial charge in [0.25, 0.3) is 5.91 Å². The van der Waals surface area contributed by atoms with Gasteiger partial charge in [0, 0.05) is 16.8 Å². The Balaban J connectivity index is 2.73. The molecule has 2 rings (SSSR count). The molecule has 0 aliphatic rings. The van der Waals surface area contributed by atoms with Crippen molar-refractivity contribution in [3.8, 4) is 12.3 Å². The largest absolute Gasteiger partial charge is 0.444 e. The van der Waals surface area contributed by atoms with Crippen molar-refractivity contribution in [3.05, 3.63) is 64.7 Å². The van der Waals surface area contributed by atoms with E-state index in [0.717, 1.165) is 11.1 Å².